The van der Waals surface area contributed by atoms with Gasteiger partial charge in [-0.15, -0.1) is 0 Å². The minimum Gasteiger partial charge on any atom is -0.466 e. The first-order valence-corrected chi connectivity index (χ1v) is 3.63. The zero-order valence-corrected chi connectivity index (χ0v) is 7.14. The molecule has 64 valence electrons. The van der Waals surface area contributed by atoms with Crippen LogP contribution in [0.3, 0.4) is 0 Å². The van der Waals surface area contributed by atoms with Gasteiger partial charge in [-0.25, -0.2) is 4.79 Å². The summed E-state index contributed by atoms with van der Waals surface area (Å²) in [5.74, 6) is -0.305. The summed E-state index contributed by atoms with van der Waals surface area (Å²) in [6.07, 6.45) is 1.62. The first kappa shape index (κ1) is 10.2. The standard InChI is InChI=1S/C8H15NO2/c1-7(8(10)11-3)5-4-6-9-2/h9H,1,4-6H2,2-3H3. The van der Waals surface area contributed by atoms with Gasteiger partial charge in [-0.1, -0.05) is 6.58 Å². The third kappa shape index (κ3) is 4.56. The number of esters is 1. The second-order valence-corrected chi connectivity index (χ2v) is 2.30. The Morgan fingerprint density at radius 1 is 1.64 bits per heavy atom. The van der Waals surface area contributed by atoms with Crippen LogP contribution in [-0.4, -0.2) is 26.7 Å². The number of carbonyl (C=O) groups is 1. The van der Waals surface area contributed by atoms with E-state index in [-0.39, 0.29) is 5.97 Å². The Labute approximate surface area is 67.4 Å². The van der Waals surface area contributed by atoms with E-state index in [9.17, 15) is 4.79 Å². The molecule has 1 N–H and O–H groups in total. The van der Waals surface area contributed by atoms with Gasteiger partial charge < -0.3 is 10.1 Å². The zero-order chi connectivity index (χ0) is 8.69. The van der Waals surface area contributed by atoms with Crippen LogP contribution in [0.5, 0.6) is 0 Å². The first-order chi connectivity index (χ1) is 5.22. The van der Waals surface area contributed by atoms with E-state index in [4.69, 9.17) is 0 Å². The Hall–Kier alpha value is -0.830. The summed E-state index contributed by atoms with van der Waals surface area (Å²) < 4.78 is 4.48. The van der Waals surface area contributed by atoms with Crippen molar-refractivity contribution in [3.8, 4) is 0 Å². The van der Waals surface area contributed by atoms with Crippen molar-refractivity contribution in [3.63, 3.8) is 0 Å². The molecule has 0 amide bonds. The second-order valence-electron chi connectivity index (χ2n) is 2.30. The van der Waals surface area contributed by atoms with E-state index < -0.39 is 0 Å². The minimum atomic E-state index is -0.305. The highest BCUT2D eigenvalue weighted by molar-refractivity contribution is 5.87. The Balaban J connectivity index is 3.44. The molecule has 0 aliphatic heterocycles. The predicted molar refractivity (Wildman–Crippen MR) is 44.3 cm³/mol. The maximum Gasteiger partial charge on any atom is 0.333 e. The highest BCUT2D eigenvalue weighted by atomic mass is 16.5. The number of methoxy groups -OCH3 is 1. The third-order valence-electron chi connectivity index (χ3n) is 1.38. The molecule has 0 bridgehead atoms. The molecule has 0 atom stereocenters. The lowest BCUT2D eigenvalue weighted by atomic mass is 10.2. The van der Waals surface area contributed by atoms with Crippen LogP contribution in [0.1, 0.15) is 12.8 Å². The Bertz CT molecular complexity index is 143. The summed E-state index contributed by atoms with van der Waals surface area (Å²) in [6, 6.07) is 0. The molecule has 0 saturated carbocycles. The summed E-state index contributed by atoms with van der Waals surface area (Å²) in [7, 11) is 3.24. The first-order valence-electron chi connectivity index (χ1n) is 3.63. The van der Waals surface area contributed by atoms with Gasteiger partial charge in [0.05, 0.1) is 7.11 Å². The number of carbonyl (C=O) groups excluding carboxylic acids is 1. The van der Waals surface area contributed by atoms with Crippen LogP contribution >= 0.6 is 0 Å². The van der Waals surface area contributed by atoms with E-state index in [1.54, 1.807) is 0 Å². The molecule has 0 radical (unpaired) electrons. The van der Waals surface area contributed by atoms with E-state index in [1.165, 1.54) is 7.11 Å². The van der Waals surface area contributed by atoms with Crippen molar-refractivity contribution >= 4 is 5.97 Å². The Kier molecular flexibility index (Phi) is 5.47. The van der Waals surface area contributed by atoms with Crippen molar-refractivity contribution in [2.75, 3.05) is 20.7 Å². The van der Waals surface area contributed by atoms with Crippen molar-refractivity contribution in [2.24, 2.45) is 0 Å². The Morgan fingerprint density at radius 2 is 2.27 bits per heavy atom. The molecule has 0 aromatic heterocycles. The summed E-state index contributed by atoms with van der Waals surface area (Å²) in [5.41, 5.74) is 0.544. The van der Waals surface area contributed by atoms with Crippen molar-refractivity contribution in [1.82, 2.24) is 5.32 Å². The van der Waals surface area contributed by atoms with Gasteiger partial charge >= 0.3 is 5.97 Å². The van der Waals surface area contributed by atoms with Gasteiger partial charge in [0.1, 0.15) is 0 Å². The third-order valence-corrected chi connectivity index (χ3v) is 1.38. The van der Waals surface area contributed by atoms with Gasteiger partial charge in [0, 0.05) is 5.57 Å². The lowest BCUT2D eigenvalue weighted by Gasteiger charge is -2.01. The van der Waals surface area contributed by atoms with Crippen LogP contribution in [0.2, 0.25) is 0 Å². The quantitative estimate of drug-likeness (QED) is 0.363. The molecule has 0 rings (SSSR count). The number of rotatable bonds is 5. The van der Waals surface area contributed by atoms with Crippen molar-refractivity contribution in [2.45, 2.75) is 12.8 Å². The van der Waals surface area contributed by atoms with E-state index in [2.05, 4.69) is 16.6 Å². The van der Waals surface area contributed by atoms with Crippen LogP contribution in [0.4, 0.5) is 0 Å². The number of hydrogen-bond donors (Lipinski definition) is 1. The highest BCUT2D eigenvalue weighted by Crippen LogP contribution is 2.02. The summed E-state index contributed by atoms with van der Waals surface area (Å²) in [5, 5.41) is 2.99. The summed E-state index contributed by atoms with van der Waals surface area (Å²) >= 11 is 0. The molecule has 0 aliphatic rings. The van der Waals surface area contributed by atoms with Gasteiger partial charge in [0.25, 0.3) is 0 Å². The van der Waals surface area contributed by atoms with Crippen molar-refractivity contribution in [3.05, 3.63) is 12.2 Å². The normalized spacial score (nSPS) is 9.27. The fraction of sp³-hybridized carbons (Fsp3) is 0.625. The van der Waals surface area contributed by atoms with Crippen LogP contribution in [0, 0.1) is 0 Å². The summed E-state index contributed by atoms with van der Waals surface area (Å²) in [6.45, 7) is 4.49. The molecule has 3 heteroatoms. The minimum absolute atomic E-state index is 0.305. The molecule has 0 aromatic carbocycles. The van der Waals surface area contributed by atoms with Crippen LogP contribution in [-0.2, 0) is 9.53 Å². The van der Waals surface area contributed by atoms with Gasteiger partial charge in [-0.05, 0) is 26.4 Å². The van der Waals surface area contributed by atoms with Gasteiger partial charge in [-0.3, -0.25) is 0 Å². The van der Waals surface area contributed by atoms with E-state index in [0.717, 1.165) is 13.0 Å². The molecule has 0 aliphatic carbocycles. The van der Waals surface area contributed by atoms with Gasteiger partial charge in [0.2, 0.25) is 0 Å². The van der Waals surface area contributed by atoms with Crippen LogP contribution in [0.15, 0.2) is 12.2 Å². The van der Waals surface area contributed by atoms with E-state index >= 15 is 0 Å². The molecule has 0 heterocycles. The number of nitrogens with one attached hydrogen (secondary N) is 1. The molecule has 11 heavy (non-hydrogen) atoms. The Morgan fingerprint density at radius 3 is 2.73 bits per heavy atom. The molecular weight excluding hydrogens is 142 g/mol. The zero-order valence-electron chi connectivity index (χ0n) is 7.14. The fourth-order valence-corrected chi connectivity index (χ4v) is 0.725. The average Bonchev–Trinajstić information content (AvgIpc) is 2.03. The van der Waals surface area contributed by atoms with Crippen LogP contribution < -0.4 is 5.32 Å². The second kappa shape index (κ2) is 5.92. The molecule has 0 spiro atoms. The lowest BCUT2D eigenvalue weighted by Crippen LogP contribution is -2.10. The maximum absolute atomic E-state index is 10.8. The molecular formula is C8H15NO2. The van der Waals surface area contributed by atoms with E-state index in [1.807, 2.05) is 7.05 Å². The molecule has 3 nitrogen and oxygen atoms in total. The van der Waals surface area contributed by atoms with Gasteiger partial charge in [-0.2, -0.15) is 0 Å². The predicted octanol–water partition coefficient (Wildman–Crippen LogP) is 0.715. The average molecular weight is 157 g/mol. The van der Waals surface area contributed by atoms with E-state index in [0.29, 0.717) is 12.0 Å². The lowest BCUT2D eigenvalue weighted by molar-refractivity contribution is -0.136. The monoisotopic (exact) mass is 157 g/mol. The van der Waals surface area contributed by atoms with Gasteiger partial charge in [0.15, 0.2) is 0 Å². The van der Waals surface area contributed by atoms with Crippen molar-refractivity contribution in [1.29, 1.82) is 0 Å². The molecule has 0 aromatic rings. The fourth-order valence-electron chi connectivity index (χ4n) is 0.725. The number of ether oxygens (including phenoxy) is 1. The smallest absolute Gasteiger partial charge is 0.333 e. The largest absolute Gasteiger partial charge is 0.466 e. The van der Waals surface area contributed by atoms with Crippen LogP contribution in [0.25, 0.3) is 0 Å². The summed E-state index contributed by atoms with van der Waals surface area (Å²) in [4.78, 5) is 10.8. The molecule has 0 fully saturated rings. The van der Waals surface area contributed by atoms with Crippen molar-refractivity contribution < 1.29 is 9.53 Å². The maximum atomic E-state index is 10.8. The molecule has 0 saturated heterocycles. The topological polar surface area (TPSA) is 38.3 Å². The molecule has 0 unspecified atom stereocenters. The SMILES string of the molecule is C=C(CCCNC)C(=O)OC. The number of hydrogen-bond acceptors (Lipinski definition) is 3. The highest BCUT2D eigenvalue weighted by Gasteiger charge is 2.04.